The number of nitrogens with zero attached hydrogens (tertiary/aromatic N) is 2. The fourth-order valence-electron chi connectivity index (χ4n) is 2.92. The van der Waals surface area contributed by atoms with Crippen molar-refractivity contribution in [1.82, 2.24) is 9.88 Å². The predicted octanol–water partition coefficient (Wildman–Crippen LogP) is 1.97. The number of carbonyl (C=O) groups is 2. The van der Waals surface area contributed by atoms with E-state index >= 15 is 0 Å². The average Bonchev–Trinajstić information content (AvgIpc) is 2.93. The Labute approximate surface area is 130 Å². The van der Waals surface area contributed by atoms with Gasteiger partial charge in [-0.15, -0.1) is 0 Å². The molecular weight excluding hydrogens is 284 g/mol. The summed E-state index contributed by atoms with van der Waals surface area (Å²) < 4.78 is 5.18. The number of carbonyl (C=O) groups excluding carboxylic acids is 1. The zero-order valence-electron chi connectivity index (χ0n) is 13.4. The Kier molecular flexibility index (Phi) is 4.39. The molecule has 0 spiro atoms. The summed E-state index contributed by atoms with van der Waals surface area (Å²) in [6, 6.07) is 3.43. The predicted molar refractivity (Wildman–Crippen MR) is 81.0 cm³/mol. The number of hydrogen-bond donors (Lipinski definition) is 1. The molecule has 2 rings (SSSR count). The van der Waals surface area contributed by atoms with Crippen molar-refractivity contribution >= 4 is 11.9 Å². The zero-order chi connectivity index (χ0) is 16.5. The highest BCUT2D eigenvalue weighted by Gasteiger charge is 2.48. The number of ether oxygens (including phenoxy) is 1. The molecule has 1 N–H and O–H groups in total. The number of hydrogen-bond acceptors (Lipinski definition) is 4. The molecule has 1 aliphatic rings. The van der Waals surface area contributed by atoms with Crippen LogP contribution in [-0.2, 0) is 4.79 Å². The van der Waals surface area contributed by atoms with Gasteiger partial charge in [0, 0.05) is 18.8 Å². The van der Waals surface area contributed by atoms with E-state index in [0.717, 1.165) is 5.69 Å². The highest BCUT2D eigenvalue weighted by atomic mass is 16.5. The summed E-state index contributed by atoms with van der Waals surface area (Å²) in [5.74, 6) is -0.830. The maximum Gasteiger partial charge on any atom is 0.311 e. The molecule has 1 aromatic heterocycles. The highest BCUT2D eigenvalue weighted by Crippen LogP contribution is 2.39. The summed E-state index contributed by atoms with van der Waals surface area (Å²) in [5.41, 5.74) is 0.260. The molecular formula is C16H22N2O4. The number of carboxylic acids is 1. The minimum Gasteiger partial charge on any atom is -0.481 e. The summed E-state index contributed by atoms with van der Waals surface area (Å²) in [6.45, 7) is 6.24. The largest absolute Gasteiger partial charge is 0.481 e. The van der Waals surface area contributed by atoms with Crippen molar-refractivity contribution in [2.24, 2.45) is 11.3 Å². The van der Waals surface area contributed by atoms with Crippen LogP contribution in [0.2, 0.25) is 0 Å². The second-order valence-electron chi connectivity index (χ2n) is 6.10. The third-order valence-corrected chi connectivity index (χ3v) is 4.54. The molecule has 6 nitrogen and oxygen atoms in total. The Bertz CT molecular complexity index is 600. The molecule has 22 heavy (non-hydrogen) atoms. The Hall–Kier alpha value is -2.11. The van der Waals surface area contributed by atoms with Crippen LogP contribution in [0.4, 0.5) is 0 Å². The molecule has 6 heteroatoms. The van der Waals surface area contributed by atoms with Crippen LogP contribution in [0.5, 0.6) is 5.88 Å². The second-order valence-corrected chi connectivity index (χ2v) is 6.10. The van der Waals surface area contributed by atoms with Crippen LogP contribution in [-0.4, -0.2) is 47.1 Å². The van der Waals surface area contributed by atoms with E-state index < -0.39 is 11.4 Å². The Balaban J connectivity index is 2.27. The van der Waals surface area contributed by atoms with Gasteiger partial charge < -0.3 is 14.7 Å². The van der Waals surface area contributed by atoms with Crippen molar-refractivity contribution in [3.8, 4) is 5.88 Å². The van der Waals surface area contributed by atoms with E-state index in [1.165, 1.54) is 7.11 Å². The first-order chi connectivity index (χ1) is 10.3. The van der Waals surface area contributed by atoms with Crippen molar-refractivity contribution in [1.29, 1.82) is 0 Å². The molecule has 120 valence electrons. The van der Waals surface area contributed by atoms with Crippen LogP contribution in [0.1, 0.15) is 36.3 Å². The smallest absolute Gasteiger partial charge is 0.311 e. The molecule has 1 aliphatic heterocycles. The van der Waals surface area contributed by atoms with Crippen LogP contribution >= 0.6 is 0 Å². The van der Waals surface area contributed by atoms with Crippen LogP contribution in [0.3, 0.4) is 0 Å². The van der Waals surface area contributed by atoms with Crippen molar-refractivity contribution in [3.63, 3.8) is 0 Å². The number of amides is 1. The summed E-state index contributed by atoms with van der Waals surface area (Å²) in [5, 5.41) is 9.57. The Morgan fingerprint density at radius 3 is 2.59 bits per heavy atom. The van der Waals surface area contributed by atoms with Crippen molar-refractivity contribution in [2.75, 3.05) is 20.2 Å². The third kappa shape index (κ3) is 2.65. The molecule has 0 bridgehead atoms. The summed E-state index contributed by atoms with van der Waals surface area (Å²) >= 11 is 0. The van der Waals surface area contributed by atoms with Crippen LogP contribution in [0.25, 0.3) is 0 Å². The molecule has 1 aromatic rings. The van der Waals surface area contributed by atoms with Gasteiger partial charge in [0.2, 0.25) is 5.88 Å². The third-order valence-electron chi connectivity index (χ3n) is 4.54. The lowest BCUT2D eigenvalue weighted by atomic mass is 9.76. The Morgan fingerprint density at radius 2 is 2.09 bits per heavy atom. The van der Waals surface area contributed by atoms with Gasteiger partial charge in [0.1, 0.15) is 5.56 Å². The van der Waals surface area contributed by atoms with Gasteiger partial charge in [0.25, 0.3) is 5.91 Å². The van der Waals surface area contributed by atoms with Gasteiger partial charge in [-0.3, -0.25) is 9.59 Å². The molecule has 1 saturated heterocycles. The molecule has 0 aliphatic carbocycles. The van der Waals surface area contributed by atoms with Gasteiger partial charge in [-0.2, -0.15) is 0 Å². The number of aromatic nitrogens is 1. The maximum atomic E-state index is 12.7. The normalized spacial score (nSPS) is 21.2. The number of aryl methyl sites for hydroxylation is 1. The number of aliphatic carboxylic acids is 1. The van der Waals surface area contributed by atoms with Crippen molar-refractivity contribution in [3.05, 3.63) is 23.4 Å². The van der Waals surface area contributed by atoms with Crippen LogP contribution in [0.15, 0.2) is 12.1 Å². The van der Waals surface area contributed by atoms with Gasteiger partial charge in [0.05, 0.1) is 12.5 Å². The van der Waals surface area contributed by atoms with Gasteiger partial charge in [-0.05, 0) is 31.4 Å². The Morgan fingerprint density at radius 1 is 1.41 bits per heavy atom. The quantitative estimate of drug-likeness (QED) is 0.920. The molecule has 0 aromatic carbocycles. The van der Waals surface area contributed by atoms with E-state index in [-0.39, 0.29) is 24.2 Å². The monoisotopic (exact) mass is 306 g/mol. The topological polar surface area (TPSA) is 79.7 Å². The van der Waals surface area contributed by atoms with Crippen LogP contribution in [0, 0.1) is 18.3 Å². The molecule has 0 radical (unpaired) electrons. The summed E-state index contributed by atoms with van der Waals surface area (Å²) in [7, 11) is 1.47. The molecule has 1 unspecified atom stereocenters. The van der Waals surface area contributed by atoms with Crippen molar-refractivity contribution in [2.45, 2.75) is 27.2 Å². The number of likely N-dealkylation sites (tertiary alicyclic amines) is 1. The minimum atomic E-state index is -0.874. The van der Waals surface area contributed by atoms with E-state index in [0.29, 0.717) is 18.5 Å². The zero-order valence-corrected chi connectivity index (χ0v) is 13.4. The van der Waals surface area contributed by atoms with E-state index in [1.54, 1.807) is 17.0 Å². The van der Waals surface area contributed by atoms with Gasteiger partial charge >= 0.3 is 5.97 Å². The van der Waals surface area contributed by atoms with Crippen LogP contribution < -0.4 is 4.74 Å². The number of carboxylic acid groups (broad SMARTS) is 1. The molecule has 1 atom stereocenters. The van der Waals surface area contributed by atoms with E-state index in [9.17, 15) is 14.7 Å². The maximum absolute atomic E-state index is 12.7. The summed E-state index contributed by atoms with van der Waals surface area (Å²) in [6.07, 6.45) is 0.466. The fraction of sp³-hybridized carbons (Fsp3) is 0.562. The first-order valence-corrected chi connectivity index (χ1v) is 7.36. The molecule has 0 saturated carbocycles. The molecule has 2 heterocycles. The standard InChI is InChI=1S/C16H22N2O4/c1-10(2)16(15(20)21)7-8-18(9-16)14(19)12-6-5-11(3)17-13(12)22-4/h5-6,10H,7-9H2,1-4H3,(H,20,21). The lowest BCUT2D eigenvalue weighted by Crippen LogP contribution is -2.40. The van der Waals surface area contributed by atoms with Gasteiger partial charge in [0.15, 0.2) is 0 Å². The van der Waals surface area contributed by atoms with E-state index in [1.807, 2.05) is 20.8 Å². The molecule has 1 fully saturated rings. The molecule has 1 amide bonds. The van der Waals surface area contributed by atoms with E-state index in [4.69, 9.17) is 4.74 Å². The lowest BCUT2D eigenvalue weighted by molar-refractivity contribution is -0.150. The number of methoxy groups -OCH3 is 1. The lowest BCUT2D eigenvalue weighted by Gasteiger charge is -2.28. The fourth-order valence-corrected chi connectivity index (χ4v) is 2.92. The SMILES string of the molecule is COc1nc(C)ccc1C(=O)N1CCC(C(=O)O)(C(C)C)C1. The first kappa shape index (κ1) is 16.3. The second kappa shape index (κ2) is 5.94. The van der Waals surface area contributed by atoms with Crippen molar-refractivity contribution < 1.29 is 19.4 Å². The van der Waals surface area contributed by atoms with Gasteiger partial charge in [-0.25, -0.2) is 4.98 Å². The van der Waals surface area contributed by atoms with Gasteiger partial charge in [-0.1, -0.05) is 13.8 Å². The number of pyridine rings is 1. The number of rotatable bonds is 4. The first-order valence-electron chi connectivity index (χ1n) is 7.36. The average molecular weight is 306 g/mol. The van der Waals surface area contributed by atoms with E-state index in [2.05, 4.69) is 4.98 Å². The summed E-state index contributed by atoms with van der Waals surface area (Å²) in [4.78, 5) is 30.1. The highest BCUT2D eigenvalue weighted by molar-refractivity contribution is 5.97. The minimum absolute atomic E-state index is 0.0409.